The second-order valence-corrected chi connectivity index (χ2v) is 3.88. The van der Waals surface area contributed by atoms with E-state index in [1.807, 2.05) is 0 Å². The van der Waals surface area contributed by atoms with Gasteiger partial charge in [-0.3, -0.25) is 0 Å². The molecule has 0 bridgehead atoms. The van der Waals surface area contributed by atoms with Crippen molar-refractivity contribution in [1.29, 1.82) is 0 Å². The molecule has 0 saturated heterocycles. The average Bonchev–Trinajstić information content (AvgIpc) is 2.30. The molecule has 1 aromatic carbocycles. The molecule has 0 radical (unpaired) electrons. The van der Waals surface area contributed by atoms with Crippen molar-refractivity contribution in [2.24, 2.45) is 0 Å². The normalized spacial score (nSPS) is 10.4. The van der Waals surface area contributed by atoms with Gasteiger partial charge in [0, 0.05) is 6.42 Å². The minimum Gasteiger partial charge on any atom is -0.493 e. The van der Waals surface area contributed by atoms with E-state index in [9.17, 15) is 4.39 Å². The van der Waals surface area contributed by atoms with Crippen LogP contribution in [0.15, 0.2) is 24.3 Å². The molecule has 0 saturated carbocycles. The summed E-state index contributed by atoms with van der Waals surface area (Å²) >= 11 is 0. The molecule has 0 aliphatic heterocycles. The highest BCUT2D eigenvalue weighted by Gasteiger charge is 1.95. The summed E-state index contributed by atoms with van der Waals surface area (Å²) in [7, 11) is 0. The van der Waals surface area contributed by atoms with Crippen LogP contribution in [0.5, 0.6) is 5.75 Å². The summed E-state index contributed by atoms with van der Waals surface area (Å²) in [4.78, 5) is 0. The zero-order chi connectivity index (χ0) is 11.6. The predicted octanol–water partition coefficient (Wildman–Crippen LogP) is 1.96. The molecule has 0 aromatic heterocycles. The van der Waals surface area contributed by atoms with E-state index in [1.54, 1.807) is 12.1 Å². The van der Waals surface area contributed by atoms with Gasteiger partial charge in [0.2, 0.25) is 0 Å². The van der Waals surface area contributed by atoms with Gasteiger partial charge >= 0.3 is 0 Å². The van der Waals surface area contributed by atoms with Crippen LogP contribution >= 0.6 is 0 Å². The first-order chi connectivity index (χ1) is 7.83. The highest BCUT2D eigenvalue weighted by molar-refractivity contribution is 5.21. The number of unbranched alkanes of at least 4 members (excludes halogenated alkanes) is 1. The van der Waals surface area contributed by atoms with Crippen LogP contribution in [0.1, 0.15) is 26.2 Å². The Hall–Kier alpha value is -1.09. The van der Waals surface area contributed by atoms with Gasteiger partial charge in [0.1, 0.15) is 11.6 Å². The molecule has 90 valence electrons. The molecule has 0 heterocycles. The van der Waals surface area contributed by atoms with Crippen molar-refractivity contribution in [2.45, 2.75) is 26.2 Å². The Morgan fingerprint density at radius 3 is 2.50 bits per heavy atom. The Labute approximate surface area is 96.8 Å². The van der Waals surface area contributed by atoms with E-state index in [0.717, 1.165) is 18.7 Å². The summed E-state index contributed by atoms with van der Waals surface area (Å²) in [5.41, 5.74) is 0. The van der Waals surface area contributed by atoms with Crippen LogP contribution < -0.4 is 10.1 Å². The van der Waals surface area contributed by atoms with Crippen LogP contribution in [0.2, 0.25) is 0 Å². The number of hydrogen-bond donors (Lipinski definition) is 1. The molecule has 0 aliphatic carbocycles. The van der Waals surface area contributed by atoms with Gasteiger partial charge in [-0.1, -0.05) is 13.3 Å². The van der Waals surface area contributed by atoms with Gasteiger partial charge < -0.3 is 10.1 Å². The van der Waals surface area contributed by atoms with Crippen molar-refractivity contribution in [3.05, 3.63) is 30.1 Å². The van der Waals surface area contributed by atoms with Crippen molar-refractivity contribution >= 4 is 0 Å². The van der Waals surface area contributed by atoms with Crippen molar-refractivity contribution in [2.75, 3.05) is 19.7 Å². The molecule has 0 unspecified atom stereocenters. The average molecular weight is 226 g/mol. The van der Waals surface area contributed by atoms with Crippen LogP contribution in [0.4, 0.5) is 4.39 Å². The van der Waals surface area contributed by atoms with Gasteiger partial charge in [-0.25, -0.2) is 4.39 Å². The Morgan fingerprint density at radius 2 is 1.81 bits per heavy atom. The number of quaternary nitrogens is 1. The summed E-state index contributed by atoms with van der Waals surface area (Å²) in [5.74, 6) is 0.523. The standard InChI is InChI=1S/C13H20FNO/c1-2-3-9-15-10-4-11-16-13-7-5-12(14)6-8-13/h5-8,15H,2-4,9-11H2,1H3/p+1. The lowest BCUT2D eigenvalue weighted by Crippen LogP contribution is -2.84. The second-order valence-electron chi connectivity index (χ2n) is 3.88. The smallest absolute Gasteiger partial charge is 0.123 e. The Bertz CT molecular complexity index is 274. The lowest BCUT2D eigenvalue weighted by atomic mass is 10.3. The fourth-order valence-electron chi connectivity index (χ4n) is 1.44. The van der Waals surface area contributed by atoms with Gasteiger partial charge in [0.05, 0.1) is 19.7 Å². The number of halogens is 1. The van der Waals surface area contributed by atoms with E-state index in [4.69, 9.17) is 4.74 Å². The van der Waals surface area contributed by atoms with E-state index in [1.165, 1.54) is 31.5 Å². The lowest BCUT2D eigenvalue weighted by Gasteiger charge is -2.05. The zero-order valence-electron chi connectivity index (χ0n) is 9.92. The molecule has 2 nitrogen and oxygen atoms in total. The third-order valence-electron chi connectivity index (χ3n) is 2.40. The van der Waals surface area contributed by atoms with E-state index >= 15 is 0 Å². The third-order valence-corrected chi connectivity index (χ3v) is 2.40. The highest BCUT2D eigenvalue weighted by atomic mass is 19.1. The van der Waals surface area contributed by atoms with Crippen LogP contribution in [-0.2, 0) is 0 Å². The molecule has 0 aliphatic rings. The predicted molar refractivity (Wildman–Crippen MR) is 63.1 cm³/mol. The number of hydrogen-bond acceptors (Lipinski definition) is 1. The Morgan fingerprint density at radius 1 is 1.12 bits per heavy atom. The summed E-state index contributed by atoms with van der Waals surface area (Å²) < 4.78 is 18.1. The summed E-state index contributed by atoms with van der Waals surface area (Å²) in [6.07, 6.45) is 3.56. The zero-order valence-corrected chi connectivity index (χ0v) is 9.92. The molecular formula is C13H21FNO+. The van der Waals surface area contributed by atoms with Gasteiger partial charge in [0.25, 0.3) is 0 Å². The fraction of sp³-hybridized carbons (Fsp3) is 0.538. The number of nitrogens with two attached hydrogens (primary N) is 1. The van der Waals surface area contributed by atoms with Crippen LogP contribution in [0.25, 0.3) is 0 Å². The highest BCUT2D eigenvalue weighted by Crippen LogP contribution is 2.10. The molecule has 0 spiro atoms. The van der Waals surface area contributed by atoms with E-state index in [2.05, 4.69) is 12.2 Å². The molecule has 16 heavy (non-hydrogen) atoms. The van der Waals surface area contributed by atoms with Crippen LogP contribution in [-0.4, -0.2) is 19.7 Å². The van der Waals surface area contributed by atoms with E-state index in [-0.39, 0.29) is 5.82 Å². The minimum atomic E-state index is -0.222. The summed E-state index contributed by atoms with van der Waals surface area (Å²) in [5, 5.41) is 2.32. The van der Waals surface area contributed by atoms with E-state index in [0.29, 0.717) is 6.61 Å². The quantitative estimate of drug-likeness (QED) is 0.674. The molecule has 1 aromatic rings. The first-order valence-electron chi connectivity index (χ1n) is 6.03. The molecule has 3 heteroatoms. The van der Waals surface area contributed by atoms with E-state index < -0.39 is 0 Å². The maximum absolute atomic E-state index is 12.6. The second kappa shape index (κ2) is 8.11. The molecule has 2 N–H and O–H groups in total. The van der Waals surface area contributed by atoms with Gasteiger partial charge in [0.15, 0.2) is 0 Å². The van der Waals surface area contributed by atoms with Gasteiger partial charge in [-0.15, -0.1) is 0 Å². The Kier molecular flexibility index (Phi) is 6.58. The van der Waals surface area contributed by atoms with Crippen LogP contribution in [0.3, 0.4) is 0 Å². The lowest BCUT2D eigenvalue weighted by molar-refractivity contribution is -0.655. The molecule has 0 atom stereocenters. The molecule has 0 amide bonds. The number of benzene rings is 1. The van der Waals surface area contributed by atoms with Crippen molar-refractivity contribution in [1.82, 2.24) is 0 Å². The van der Waals surface area contributed by atoms with Gasteiger partial charge in [-0.2, -0.15) is 0 Å². The van der Waals surface area contributed by atoms with Crippen molar-refractivity contribution in [3.8, 4) is 5.75 Å². The Balaban J connectivity index is 2.01. The first-order valence-corrected chi connectivity index (χ1v) is 6.03. The van der Waals surface area contributed by atoms with Crippen LogP contribution in [0, 0.1) is 5.82 Å². The topological polar surface area (TPSA) is 25.8 Å². The monoisotopic (exact) mass is 226 g/mol. The summed E-state index contributed by atoms with van der Waals surface area (Å²) in [6.45, 7) is 5.20. The number of ether oxygens (including phenoxy) is 1. The van der Waals surface area contributed by atoms with Crippen molar-refractivity contribution < 1.29 is 14.4 Å². The maximum atomic E-state index is 12.6. The summed E-state index contributed by atoms with van der Waals surface area (Å²) in [6, 6.07) is 6.16. The molecular weight excluding hydrogens is 205 g/mol. The largest absolute Gasteiger partial charge is 0.493 e. The molecule has 1 rings (SSSR count). The minimum absolute atomic E-state index is 0.222. The fourth-order valence-corrected chi connectivity index (χ4v) is 1.44. The third kappa shape index (κ3) is 5.71. The SMILES string of the molecule is CCCC[NH2+]CCCOc1ccc(F)cc1. The molecule has 0 fully saturated rings. The van der Waals surface area contributed by atoms with Gasteiger partial charge in [-0.05, 0) is 30.7 Å². The van der Waals surface area contributed by atoms with Crippen molar-refractivity contribution in [3.63, 3.8) is 0 Å². The number of rotatable bonds is 8. The maximum Gasteiger partial charge on any atom is 0.123 e. The first kappa shape index (κ1) is 13.0.